The van der Waals surface area contributed by atoms with Crippen LogP contribution in [0.25, 0.3) is 10.9 Å². The van der Waals surface area contributed by atoms with Gasteiger partial charge in [0.1, 0.15) is 42.0 Å². The van der Waals surface area contributed by atoms with Gasteiger partial charge in [-0.2, -0.15) is 0 Å². The third kappa shape index (κ3) is 14.5. The number of ether oxygens (including phenoxy) is 1. The first-order valence-electron chi connectivity index (χ1n) is 24.2. The number of aliphatic hydroxyl groups excluding tert-OH is 3. The standard InChI is InChI=1S/C46H71N11O14S/c1-5-23(2)38-43(67)50-18-36(62)51-32-22-72(4,70)45-28(27-11-10-26(15-29(27)54-45)71-13-9-7-6-8-12-47)16-30(40(64)49-19-37(63)55-38)52-44(68)39(24(3)34(60)21-58)56-42(66)33-14-25(59)20-57(33)46(69)31(17-35(48)61)53-41(32)65/h10-11,15,23-25,30-34,38-39,54,58-60,72H,5-9,12-14,16-22,47H2,1-4H3,(H2,48,61)(H,49,64)(H,50,67)(H,51,62)(H,52,68)(H,53,65)(H,55,63)(H,56,66)/t23-,24-,25+,30?,31-,32?,33-,34-,38-,39-/m0/s1. The Morgan fingerprint density at radius 3 is 2.21 bits per heavy atom. The number of aromatic amines is 1. The number of benzene rings is 1. The van der Waals surface area contributed by atoms with E-state index in [4.69, 9.17) is 16.2 Å². The van der Waals surface area contributed by atoms with Crippen LogP contribution in [0.5, 0.6) is 5.75 Å². The number of H-pyrrole nitrogens is 1. The van der Waals surface area contributed by atoms with Crippen LogP contribution in [-0.4, -0.2) is 182 Å². The smallest absolute Gasteiger partial charge is 0.246 e. The van der Waals surface area contributed by atoms with Crippen molar-refractivity contribution >= 4 is 74.0 Å². The molecule has 9 amide bonds. The number of carbonyl (C=O) groups excluding carboxylic acids is 9. The zero-order valence-electron chi connectivity index (χ0n) is 41.0. The molecule has 5 rings (SSSR count). The summed E-state index contributed by atoms with van der Waals surface area (Å²) in [5.74, 6) is -11.1. The van der Waals surface area contributed by atoms with Crippen LogP contribution in [0.4, 0.5) is 0 Å². The third-order valence-corrected chi connectivity index (χ3v) is 15.8. The average Bonchev–Trinajstić information content (AvgIpc) is 3.92. The van der Waals surface area contributed by atoms with Gasteiger partial charge in [-0.1, -0.05) is 50.0 Å². The summed E-state index contributed by atoms with van der Waals surface area (Å²) < 4.78 is 21.6. The van der Waals surface area contributed by atoms with E-state index in [9.17, 15) is 58.5 Å². The van der Waals surface area contributed by atoms with Crippen molar-refractivity contribution in [3.8, 4) is 5.75 Å². The quantitative estimate of drug-likeness (QED) is 0.0624. The van der Waals surface area contributed by atoms with Crippen LogP contribution in [0.3, 0.4) is 0 Å². The maximum atomic E-state index is 15.5. The van der Waals surface area contributed by atoms with Crippen LogP contribution in [0.2, 0.25) is 0 Å². The van der Waals surface area contributed by atoms with Crippen molar-refractivity contribution in [1.29, 1.82) is 0 Å². The second kappa shape index (κ2) is 25.4. The van der Waals surface area contributed by atoms with E-state index in [1.807, 2.05) is 0 Å². The lowest BCUT2D eigenvalue weighted by Gasteiger charge is -2.33. The van der Waals surface area contributed by atoms with Crippen molar-refractivity contribution < 1.29 is 67.4 Å². The number of nitrogens with two attached hydrogens (primary N) is 2. The van der Waals surface area contributed by atoms with Gasteiger partial charge in [-0.3, -0.25) is 47.4 Å². The predicted molar refractivity (Wildman–Crippen MR) is 261 cm³/mol. The van der Waals surface area contributed by atoms with Crippen molar-refractivity contribution in [2.24, 2.45) is 23.3 Å². The number of rotatable bonds is 14. The number of amides is 9. The predicted octanol–water partition coefficient (Wildman–Crippen LogP) is -4.83. The second-order valence-corrected chi connectivity index (χ2v) is 22.0. The van der Waals surface area contributed by atoms with E-state index in [-0.39, 0.29) is 10.6 Å². The minimum atomic E-state index is -4.08. The molecule has 1 saturated heterocycles. The topological polar surface area (TPSA) is 396 Å². The summed E-state index contributed by atoms with van der Waals surface area (Å²) in [4.78, 5) is 130. The molecule has 2 unspecified atom stereocenters. The van der Waals surface area contributed by atoms with Gasteiger partial charge >= 0.3 is 0 Å². The van der Waals surface area contributed by atoms with Crippen LogP contribution in [0.1, 0.15) is 71.3 Å². The minimum absolute atomic E-state index is 0.0345. The highest BCUT2D eigenvalue weighted by atomic mass is 32.2. The van der Waals surface area contributed by atoms with Gasteiger partial charge in [-0.25, -0.2) is 0 Å². The first-order valence-corrected chi connectivity index (χ1v) is 26.6. The fourth-order valence-corrected chi connectivity index (χ4v) is 11.3. The zero-order chi connectivity index (χ0) is 53.0. The highest BCUT2D eigenvalue weighted by Crippen LogP contribution is 2.33. The number of hydrogen-bond acceptors (Lipinski definition) is 15. The molecule has 72 heavy (non-hydrogen) atoms. The van der Waals surface area contributed by atoms with Gasteiger partial charge in [-0.15, -0.1) is 0 Å². The summed E-state index contributed by atoms with van der Waals surface area (Å²) >= 11 is 0. The Balaban J connectivity index is 1.75. The van der Waals surface area contributed by atoms with Gasteiger partial charge in [0, 0.05) is 42.5 Å². The van der Waals surface area contributed by atoms with Crippen molar-refractivity contribution in [1.82, 2.24) is 47.1 Å². The number of fused-ring (bicyclic) bond motifs is 5. The number of nitrogens with zero attached hydrogens (tertiary/aromatic N) is 1. The van der Waals surface area contributed by atoms with Gasteiger partial charge in [0.05, 0.1) is 55.5 Å². The number of nitrogens with one attached hydrogen (secondary N) is 8. The molecule has 25 nitrogen and oxygen atoms in total. The molecule has 3 aliphatic rings. The maximum absolute atomic E-state index is 15.5. The molecule has 2 bridgehead atoms. The summed E-state index contributed by atoms with van der Waals surface area (Å²) in [6.07, 6.45) is 0.300. The van der Waals surface area contributed by atoms with Crippen LogP contribution in [0.15, 0.2) is 23.2 Å². The Hall–Kier alpha value is -6.22. The molecule has 26 heteroatoms. The Morgan fingerprint density at radius 1 is 0.861 bits per heavy atom. The van der Waals surface area contributed by atoms with Gasteiger partial charge in [-0.05, 0) is 49.3 Å². The monoisotopic (exact) mass is 1030 g/mol. The van der Waals surface area contributed by atoms with Crippen molar-refractivity contribution in [2.45, 2.75) is 126 Å². The van der Waals surface area contributed by atoms with Gasteiger partial charge in [0.15, 0.2) is 0 Å². The first-order chi connectivity index (χ1) is 34.1. The van der Waals surface area contributed by atoms with Crippen LogP contribution >= 0.6 is 0 Å². The number of unbranched alkanes of at least 4 members (excludes halogenated alkanes) is 3. The summed E-state index contributed by atoms with van der Waals surface area (Å²) in [5.41, 5.74) is 11.7. The van der Waals surface area contributed by atoms with Gasteiger partial charge in [0.25, 0.3) is 0 Å². The molecular weight excluding hydrogens is 963 g/mol. The lowest BCUT2D eigenvalue weighted by molar-refractivity contribution is -0.144. The summed E-state index contributed by atoms with van der Waals surface area (Å²) in [6.45, 7) is 2.76. The van der Waals surface area contributed by atoms with E-state index in [0.29, 0.717) is 36.2 Å². The fraction of sp³-hybridized carbons (Fsp3) is 0.630. The number of primary amides is 1. The number of hydrogen-bond donors (Lipinski definition) is 14. The lowest BCUT2D eigenvalue weighted by atomic mass is 9.93. The Morgan fingerprint density at radius 2 is 1.54 bits per heavy atom. The normalized spacial score (nSPS) is 26.8. The number of carbonyl (C=O) groups is 9. The molecule has 400 valence electrons. The molecule has 15 N–H and O–H groups in total. The summed E-state index contributed by atoms with van der Waals surface area (Å²) in [6, 6.07) is -5.00. The highest BCUT2D eigenvalue weighted by Gasteiger charge is 2.45. The first kappa shape index (κ1) is 56.7. The number of aliphatic hydroxyl groups is 3. The molecular formula is C46H71N11O14S. The van der Waals surface area contributed by atoms with Crippen molar-refractivity contribution in [3.63, 3.8) is 0 Å². The van der Waals surface area contributed by atoms with E-state index in [1.165, 1.54) is 13.2 Å². The van der Waals surface area contributed by atoms with E-state index in [1.54, 1.807) is 32.0 Å². The summed E-state index contributed by atoms with van der Waals surface area (Å²) in [5, 5.41) is 49.5. The maximum Gasteiger partial charge on any atom is 0.246 e. The van der Waals surface area contributed by atoms with E-state index in [0.717, 1.165) is 30.6 Å². The SMILES string of the molecule is CC[C@H](C)[C@@H]1NC(=O)CNC(=O)C2Cc3c([nH]c4cc(OCCCCCCN)ccc34)[SH](C)(=O)CC(NC(=O)CNC1=O)C(=O)N[C@@H](CC(N)=O)C(=O)N1C[C@H](O)C[C@H]1C(=O)N[C@@H]([C@@H](C)[C@@H](O)CO)C(=O)N2. The van der Waals surface area contributed by atoms with E-state index < -0.39 is 175 Å². The van der Waals surface area contributed by atoms with Crippen molar-refractivity contribution in [2.75, 3.05) is 51.4 Å². The molecule has 0 spiro atoms. The van der Waals surface area contributed by atoms with Crippen LogP contribution < -0.4 is 53.4 Å². The number of thiol groups is 1. The van der Waals surface area contributed by atoms with Crippen LogP contribution in [-0.2, 0) is 59.5 Å². The largest absolute Gasteiger partial charge is 0.494 e. The highest BCUT2D eigenvalue weighted by molar-refractivity contribution is 8.02. The Labute approximate surface area is 417 Å². The molecule has 1 aromatic heterocycles. The third-order valence-electron chi connectivity index (χ3n) is 13.4. The average molecular weight is 1030 g/mol. The summed E-state index contributed by atoms with van der Waals surface area (Å²) in [7, 11) is -4.08. The molecule has 0 radical (unpaired) electrons. The second-order valence-electron chi connectivity index (χ2n) is 19.0. The van der Waals surface area contributed by atoms with Crippen LogP contribution in [0, 0.1) is 11.8 Å². The van der Waals surface area contributed by atoms with Gasteiger partial charge in [0.2, 0.25) is 53.2 Å². The fourth-order valence-electron chi connectivity index (χ4n) is 9.01. The molecule has 4 heterocycles. The molecule has 0 aliphatic carbocycles. The molecule has 10 atom stereocenters. The molecule has 2 aromatic rings. The van der Waals surface area contributed by atoms with Crippen molar-refractivity contribution in [3.05, 3.63) is 23.8 Å². The van der Waals surface area contributed by atoms with Gasteiger partial charge < -0.3 is 78.6 Å². The lowest BCUT2D eigenvalue weighted by Crippen LogP contribution is -2.62. The molecule has 3 aliphatic heterocycles. The molecule has 0 saturated carbocycles. The minimum Gasteiger partial charge on any atom is -0.494 e. The van der Waals surface area contributed by atoms with E-state index >= 15 is 4.21 Å². The zero-order valence-corrected chi connectivity index (χ0v) is 41.9. The number of aromatic nitrogens is 1. The molecule has 1 aromatic carbocycles. The van der Waals surface area contributed by atoms with E-state index in [2.05, 4.69) is 42.2 Å². The molecule has 1 fully saturated rings. The Bertz CT molecular complexity index is 2400. The Kier molecular flexibility index (Phi) is 20.0.